The lowest BCUT2D eigenvalue weighted by Gasteiger charge is -2.38. The van der Waals surface area contributed by atoms with Gasteiger partial charge in [0.25, 0.3) is 0 Å². The van der Waals surface area contributed by atoms with E-state index in [9.17, 15) is 4.79 Å². The van der Waals surface area contributed by atoms with Crippen molar-refractivity contribution in [2.75, 3.05) is 6.54 Å². The van der Waals surface area contributed by atoms with Crippen molar-refractivity contribution in [3.63, 3.8) is 0 Å². The van der Waals surface area contributed by atoms with Gasteiger partial charge in [0, 0.05) is 18.6 Å². The van der Waals surface area contributed by atoms with E-state index in [1.165, 1.54) is 6.42 Å². The van der Waals surface area contributed by atoms with Gasteiger partial charge in [-0.15, -0.1) is 0 Å². The number of urea groups is 1. The summed E-state index contributed by atoms with van der Waals surface area (Å²) in [5.41, 5.74) is 0. The van der Waals surface area contributed by atoms with Gasteiger partial charge < -0.3 is 10.2 Å². The monoisotopic (exact) mass is 212 g/mol. The number of piperidine rings is 1. The highest BCUT2D eigenvalue weighted by molar-refractivity contribution is 5.74. The van der Waals surface area contributed by atoms with E-state index in [4.69, 9.17) is 0 Å². The van der Waals surface area contributed by atoms with E-state index in [0.29, 0.717) is 12.1 Å². The zero-order valence-electron chi connectivity index (χ0n) is 10.3. The number of nitrogens with zero attached hydrogens (tertiary/aromatic N) is 1. The molecule has 0 unspecified atom stereocenters. The molecule has 0 aromatic rings. The molecule has 1 aliphatic heterocycles. The molecule has 2 atom stereocenters. The molecule has 0 aliphatic carbocycles. The normalized spacial score (nSPS) is 26.5. The van der Waals surface area contributed by atoms with Gasteiger partial charge in [-0.2, -0.15) is 0 Å². The molecule has 2 amide bonds. The molecular weight excluding hydrogens is 188 g/mol. The van der Waals surface area contributed by atoms with E-state index in [-0.39, 0.29) is 6.03 Å². The van der Waals surface area contributed by atoms with Gasteiger partial charge in [0.05, 0.1) is 0 Å². The fourth-order valence-electron chi connectivity index (χ4n) is 2.28. The summed E-state index contributed by atoms with van der Waals surface area (Å²) in [6.45, 7) is 7.24. The molecule has 0 spiro atoms. The maximum Gasteiger partial charge on any atom is 0.317 e. The Hall–Kier alpha value is -0.730. The number of carbonyl (C=O) groups is 1. The number of hydrogen-bond acceptors (Lipinski definition) is 1. The Kier molecular flexibility index (Phi) is 4.92. The molecule has 0 bridgehead atoms. The third-order valence-electron chi connectivity index (χ3n) is 3.23. The van der Waals surface area contributed by atoms with Crippen molar-refractivity contribution in [3.05, 3.63) is 0 Å². The summed E-state index contributed by atoms with van der Waals surface area (Å²) in [4.78, 5) is 13.9. The Bertz CT molecular complexity index is 196. The molecule has 1 saturated heterocycles. The summed E-state index contributed by atoms with van der Waals surface area (Å²) in [7, 11) is 0. The molecule has 0 aromatic heterocycles. The van der Waals surface area contributed by atoms with E-state index in [1.54, 1.807) is 0 Å². The topological polar surface area (TPSA) is 32.3 Å². The van der Waals surface area contributed by atoms with Gasteiger partial charge in [0.1, 0.15) is 0 Å². The summed E-state index contributed by atoms with van der Waals surface area (Å²) >= 11 is 0. The predicted octanol–water partition coefficient (Wildman–Crippen LogP) is 2.76. The predicted molar refractivity (Wildman–Crippen MR) is 62.9 cm³/mol. The van der Waals surface area contributed by atoms with E-state index < -0.39 is 0 Å². The van der Waals surface area contributed by atoms with Gasteiger partial charge in [-0.25, -0.2) is 4.79 Å². The van der Waals surface area contributed by atoms with Gasteiger partial charge in [-0.3, -0.25) is 0 Å². The summed E-state index contributed by atoms with van der Waals surface area (Å²) in [6.07, 6.45) is 5.74. The highest BCUT2D eigenvalue weighted by Gasteiger charge is 2.28. The van der Waals surface area contributed by atoms with Crippen molar-refractivity contribution >= 4 is 6.03 Å². The summed E-state index contributed by atoms with van der Waals surface area (Å²) in [6, 6.07) is 0.925. The molecule has 0 radical (unpaired) electrons. The number of rotatable bonds is 3. The minimum atomic E-state index is 0.128. The van der Waals surface area contributed by atoms with Crippen LogP contribution in [0.15, 0.2) is 0 Å². The van der Waals surface area contributed by atoms with E-state index in [2.05, 4.69) is 26.1 Å². The van der Waals surface area contributed by atoms with Crippen LogP contribution < -0.4 is 5.32 Å². The number of hydrogen-bond donors (Lipinski definition) is 1. The lowest BCUT2D eigenvalue weighted by molar-refractivity contribution is 0.123. The summed E-state index contributed by atoms with van der Waals surface area (Å²) < 4.78 is 0. The van der Waals surface area contributed by atoms with E-state index >= 15 is 0 Å². The minimum absolute atomic E-state index is 0.128. The van der Waals surface area contributed by atoms with Crippen LogP contribution in [0.1, 0.15) is 52.9 Å². The second-order valence-electron chi connectivity index (χ2n) is 4.62. The van der Waals surface area contributed by atoms with Crippen LogP contribution in [-0.2, 0) is 0 Å². The third-order valence-corrected chi connectivity index (χ3v) is 3.23. The molecule has 1 fully saturated rings. The smallest absolute Gasteiger partial charge is 0.317 e. The zero-order chi connectivity index (χ0) is 11.3. The van der Waals surface area contributed by atoms with Gasteiger partial charge in [0.15, 0.2) is 0 Å². The molecular formula is C12H24N2O. The van der Waals surface area contributed by atoms with Gasteiger partial charge in [-0.05, 0) is 39.5 Å². The highest BCUT2D eigenvalue weighted by atomic mass is 16.2. The quantitative estimate of drug-likeness (QED) is 0.717. The standard InChI is InChI=1S/C12H24N2O/c1-4-5-9-13-12(15)14-10(2)7-6-8-11(14)3/h10-11H,4-9H2,1-3H3,(H,13,15)/t10-,11-/m0/s1. The van der Waals surface area contributed by atoms with Crippen LogP contribution in [0, 0.1) is 0 Å². The van der Waals surface area contributed by atoms with Crippen LogP contribution in [-0.4, -0.2) is 29.6 Å². The number of likely N-dealkylation sites (tertiary alicyclic amines) is 1. The maximum absolute atomic E-state index is 11.9. The number of nitrogens with one attached hydrogen (secondary N) is 1. The molecule has 1 aliphatic rings. The molecule has 3 nitrogen and oxygen atoms in total. The van der Waals surface area contributed by atoms with Crippen molar-refractivity contribution in [3.8, 4) is 0 Å². The maximum atomic E-state index is 11.9. The second-order valence-corrected chi connectivity index (χ2v) is 4.62. The largest absolute Gasteiger partial charge is 0.338 e. The van der Waals surface area contributed by atoms with Crippen molar-refractivity contribution in [1.29, 1.82) is 0 Å². The number of amides is 2. The Morgan fingerprint density at radius 3 is 2.47 bits per heavy atom. The molecule has 1 rings (SSSR count). The molecule has 1 N–H and O–H groups in total. The first-order chi connectivity index (χ1) is 7.16. The lowest BCUT2D eigenvalue weighted by Crippen LogP contribution is -2.51. The van der Waals surface area contributed by atoms with Crippen LogP contribution in [0.3, 0.4) is 0 Å². The van der Waals surface area contributed by atoms with Crippen LogP contribution in [0.2, 0.25) is 0 Å². The van der Waals surface area contributed by atoms with E-state index in [0.717, 1.165) is 32.2 Å². The fraction of sp³-hybridized carbons (Fsp3) is 0.917. The van der Waals surface area contributed by atoms with Crippen LogP contribution in [0.5, 0.6) is 0 Å². The first kappa shape index (κ1) is 12.3. The molecule has 0 aromatic carbocycles. The van der Waals surface area contributed by atoms with Crippen LogP contribution >= 0.6 is 0 Å². The van der Waals surface area contributed by atoms with Gasteiger partial charge in [-0.1, -0.05) is 13.3 Å². The van der Waals surface area contributed by atoms with Gasteiger partial charge >= 0.3 is 6.03 Å². The molecule has 88 valence electrons. The molecule has 0 saturated carbocycles. The Morgan fingerprint density at radius 1 is 1.33 bits per heavy atom. The minimum Gasteiger partial charge on any atom is -0.338 e. The average molecular weight is 212 g/mol. The SMILES string of the molecule is CCCCNC(=O)N1[C@@H](C)CCC[C@@H]1C. The lowest BCUT2D eigenvalue weighted by atomic mass is 9.98. The summed E-state index contributed by atoms with van der Waals surface area (Å²) in [5.74, 6) is 0. The van der Waals surface area contributed by atoms with Crippen molar-refractivity contribution < 1.29 is 4.79 Å². The van der Waals surface area contributed by atoms with E-state index in [1.807, 2.05) is 4.90 Å². The van der Waals surface area contributed by atoms with Gasteiger partial charge in [0.2, 0.25) is 0 Å². The first-order valence-electron chi connectivity index (χ1n) is 6.23. The zero-order valence-corrected chi connectivity index (χ0v) is 10.3. The van der Waals surface area contributed by atoms with Crippen molar-refractivity contribution in [1.82, 2.24) is 10.2 Å². The van der Waals surface area contributed by atoms with Crippen molar-refractivity contribution in [2.45, 2.75) is 65.0 Å². The number of carbonyl (C=O) groups excluding carboxylic acids is 1. The molecule has 15 heavy (non-hydrogen) atoms. The Balaban J connectivity index is 2.41. The summed E-state index contributed by atoms with van der Waals surface area (Å²) in [5, 5.41) is 3.00. The third kappa shape index (κ3) is 3.40. The average Bonchev–Trinajstić information content (AvgIpc) is 2.18. The van der Waals surface area contributed by atoms with Crippen LogP contribution in [0.25, 0.3) is 0 Å². The van der Waals surface area contributed by atoms with Crippen molar-refractivity contribution in [2.24, 2.45) is 0 Å². The Morgan fingerprint density at radius 2 is 1.93 bits per heavy atom. The first-order valence-corrected chi connectivity index (χ1v) is 6.23. The number of unbranched alkanes of at least 4 members (excludes halogenated alkanes) is 1. The molecule has 1 heterocycles. The molecule has 3 heteroatoms. The highest BCUT2D eigenvalue weighted by Crippen LogP contribution is 2.22. The Labute approximate surface area is 93.2 Å². The fourth-order valence-corrected chi connectivity index (χ4v) is 2.28. The second kappa shape index (κ2) is 5.99. The van der Waals surface area contributed by atoms with Crippen LogP contribution in [0.4, 0.5) is 4.79 Å².